The van der Waals surface area contributed by atoms with Gasteiger partial charge in [-0.05, 0) is 47.9 Å². The molecule has 1 saturated heterocycles. The molecule has 0 spiro atoms. The molecule has 5 nitrogen and oxygen atoms in total. The number of thiophene rings is 1. The van der Waals surface area contributed by atoms with Crippen molar-refractivity contribution in [1.82, 2.24) is 9.97 Å². The number of aryl methyl sites for hydroxylation is 1. The van der Waals surface area contributed by atoms with E-state index in [0.29, 0.717) is 31.8 Å². The van der Waals surface area contributed by atoms with Gasteiger partial charge < -0.3 is 10.0 Å². The topological polar surface area (TPSA) is 66.3 Å². The summed E-state index contributed by atoms with van der Waals surface area (Å²) in [7, 11) is 0. The second-order valence-electron chi connectivity index (χ2n) is 8.13. The van der Waals surface area contributed by atoms with Gasteiger partial charge in [0.2, 0.25) is 5.28 Å². The lowest BCUT2D eigenvalue weighted by Crippen LogP contribution is -2.37. The first-order chi connectivity index (χ1) is 14.4. The van der Waals surface area contributed by atoms with Gasteiger partial charge in [-0.25, -0.2) is 4.98 Å². The van der Waals surface area contributed by atoms with Gasteiger partial charge in [-0.3, -0.25) is 4.79 Å². The molecule has 7 heteroatoms. The number of aliphatic carboxylic acids is 1. The zero-order valence-electron chi connectivity index (χ0n) is 17.5. The monoisotopic (exact) mass is 443 g/mol. The molecule has 1 aromatic carbocycles. The van der Waals surface area contributed by atoms with Crippen LogP contribution in [0.4, 0.5) is 5.82 Å². The fraction of sp³-hybridized carbons (Fsp3) is 0.435. The Balaban J connectivity index is 1.83. The normalized spacial score (nSPS) is 15.3. The van der Waals surface area contributed by atoms with E-state index < -0.39 is 5.97 Å². The molecule has 0 bridgehead atoms. The molecule has 0 saturated carbocycles. The van der Waals surface area contributed by atoms with Crippen molar-refractivity contribution in [3.63, 3.8) is 0 Å². The van der Waals surface area contributed by atoms with Gasteiger partial charge in [0, 0.05) is 23.5 Å². The maximum absolute atomic E-state index is 11.4. The quantitative estimate of drug-likeness (QED) is 0.490. The van der Waals surface area contributed by atoms with Crippen molar-refractivity contribution >= 4 is 44.9 Å². The van der Waals surface area contributed by atoms with Crippen molar-refractivity contribution < 1.29 is 9.90 Å². The number of fused-ring (bicyclic) bond motifs is 1. The number of carboxylic acids is 1. The van der Waals surface area contributed by atoms with Gasteiger partial charge in [0.1, 0.15) is 10.6 Å². The van der Waals surface area contributed by atoms with Gasteiger partial charge in [0.05, 0.1) is 11.3 Å². The van der Waals surface area contributed by atoms with Crippen LogP contribution in [-0.4, -0.2) is 34.1 Å². The first-order valence-corrected chi connectivity index (χ1v) is 11.7. The second kappa shape index (κ2) is 8.52. The number of benzene rings is 1. The molecule has 0 radical (unpaired) electrons. The predicted octanol–water partition coefficient (Wildman–Crippen LogP) is 6.00. The van der Waals surface area contributed by atoms with Crippen molar-refractivity contribution in [3.05, 3.63) is 40.0 Å². The van der Waals surface area contributed by atoms with Gasteiger partial charge in [-0.15, -0.1) is 11.3 Å². The van der Waals surface area contributed by atoms with Crippen LogP contribution in [0.5, 0.6) is 0 Å². The molecule has 0 amide bonds. The summed E-state index contributed by atoms with van der Waals surface area (Å²) in [6, 6.07) is 8.76. The Bertz CT molecular complexity index is 1070. The molecule has 1 fully saturated rings. The molecule has 1 N–H and O–H groups in total. The number of anilines is 1. The zero-order valence-corrected chi connectivity index (χ0v) is 19.1. The minimum Gasteiger partial charge on any atom is -0.481 e. The summed E-state index contributed by atoms with van der Waals surface area (Å²) in [6.45, 7) is 7.86. The molecular weight excluding hydrogens is 418 g/mol. The van der Waals surface area contributed by atoms with Crippen LogP contribution >= 0.6 is 22.9 Å². The van der Waals surface area contributed by atoms with Crippen molar-refractivity contribution in [2.75, 3.05) is 18.0 Å². The van der Waals surface area contributed by atoms with Gasteiger partial charge >= 0.3 is 5.97 Å². The third-order valence-corrected chi connectivity index (χ3v) is 7.31. The lowest BCUT2D eigenvalue weighted by molar-refractivity contribution is -0.142. The molecule has 158 valence electrons. The van der Waals surface area contributed by atoms with Crippen LogP contribution in [0.2, 0.25) is 5.28 Å². The Morgan fingerprint density at radius 2 is 1.90 bits per heavy atom. The molecule has 0 aliphatic carbocycles. The van der Waals surface area contributed by atoms with E-state index in [0.717, 1.165) is 28.0 Å². The zero-order chi connectivity index (χ0) is 21.4. The summed E-state index contributed by atoms with van der Waals surface area (Å²) < 4.78 is 0. The second-order valence-corrected chi connectivity index (χ2v) is 9.55. The number of rotatable bonds is 5. The summed E-state index contributed by atoms with van der Waals surface area (Å²) in [6.07, 6.45) is 2.13. The predicted molar refractivity (Wildman–Crippen MR) is 124 cm³/mol. The average Bonchev–Trinajstić information content (AvgIpc) is 3.11. The molecule has 4 rings (SSSR count). The van der Waals surface area contributed by atoms with Crippen molar-refractivity contribution in [2.45, 2.75) is 46.0 Å². The van der Waals surface area contributed by atoms with Gasteiger partial charge in [0.15, 0.2) is 0 Å². The van der Waals surface area contributed by atoms with E-state index in [-0.39, 0.29) is 11.2 Å². The minimum absolute atomic E-state index is 0.239. The van der Waals surface area contributed by atoms with Crippen molar-refractivity contribution in [3.8, 4) is 11.1 Å². The van der Waals surface area contributed by atoms with E-state index in [2.05, 4.69) is 59.9 Å². The number of carbonyl (C=O) groups is 1. The van der Waals surface area contributed by atoms with E-state index in [1.165, 1.54) is 16.0 Å². The molecule has 3 aromatic rings. The number of nitrogens with zero attached hydrogens (tertiary/aromatic N) is 3. The lowest BCUT2D eigenvalue weighted by atomic mass is 9.95. The Hall–Kier alpha value is -2.18. The largest absolute Gasteiger partial charge is 0.481 e. The van der Waals surface area contributed by atoms with E-state index in [9.17, 15) is 9.90 Å². The van der Waals surface area contributed by atoms with Crippen LogP contribution < -0.4 is 4.90 Å². The Morgan fingerprint density at radius 1 is 1.23 bits per heavy atom. The number of aromatic nitrogens is 2. The lowest BCUT2D eigenvalue weighted by Gasteiger charge is -2.31. The highest BCUT2D eigenvalue weighted by atomic mass is 35.5. The van der Waals surface area contributed by atoms with Gasteiger partial charge in [-0.1, -0.05) is 45.0 Å². The Labute approximate surface area is 185 Å². The summed E-state index contributed by atoms with van der Waals surface area (Å²) in [5.74, 6) is 0.311. The number of hydrogen-bond acceptors (Lipinski definition) is 5. The first-order valence-electron chi connectivity index (χ1n) is 10.5. The first kappa shape index (κ1) is 21.1. The average molecular weight is 444 g/mol. The third kappa shape index (κ3) is 3.91. The Kier molecular flexibility index (Phi) is 5.98. The molecule has 3 heterocycles. The van der Waals surface area contributed by atoms with Gasteiger partial charge in [-0.2, -0.15) is 4.98 Å². The standard InChI is InChI=1S/C23H26ClN3O2S/c1-4-17-18(15-7-5-14(6-8-15)13(2)3)19-20(25-23(24)26-21(19)30-17)27-11-9-16(10-12-27)22(28)29/h5-8,13,16H,4,9-12H2,1-3H3,(H,28,29). The number of piperidine rings is 1. The number of halogens is 1. The van der Waals surface area contributed by atoms with Crippen LogP contribution in [0, 0.1) is 5.92 Å². The maximum Gasteiger partial charge on any atom is 0.306 e. The summed E-state index contributed by atoms with van der Waals surface area (Å²) in [5, 5.41) is 10.6. The number of carboxylic acid groups (broad SMARTS) is 1. The fourth-order valence-electron chi connectivity index (χ4n) is 4.16. The highest BCUT2D eigenvalue weighted by molar-refractivity contribution is 7.19. The molecular formula is C23H26ClN3O2S. The Morgan fingerprint density at radius 3 is 2.47 bits per heavy atom. The van der Waals surface area contributed by atoms with Gasteiger partial charge in [0.25, 0.3) is 0 Å². The highest BCUT2D eigenvalue weighted by Gasteiger charge is 2.28. The van der Waals surface area contributed by atoms with E-state index in [1.807, 2.05) is 0 Å². The molecule has 1 aliphatic rings. The molecule has 30 heavy (non-hydrogen) atoms. The van der Waals surface area contributed by atoms with E-state index in [4.69, 9.17) is 11.6 Å². The summed E-state index contributed by atoms with van der Waals surface area (Å²) in [5.41, 5.74) is 3.65. The van der Waals surface area contributed by atoms with Crippen LogP contribution in [0.1, 0.15) is 50.0 Å². The highest BCUT2D eigenvalue weighted by Crippen LogP contribution is 2.43. The minimum atomic E-state index is -0.713. The summed E-state index contributed by atoms with van der Waals surface area (Å²) >= 11 is 7.96. The third-order valence-electron chi connectivity index (χ3n) is 5.91. The molecule has 0 atom stereocenters. The van der Waals surface area contributed by atoms with Crippen LogP contribution in [-0.2, 0) is 11.2 Å². The summed E-state index contributed by atoms with van der Waals surface area (Å²) in [4.78, 5) is 24.8. The fourth-order valence-corrected chi connectivity index (χ4v) is 5.50. The van der Waals surface area contributed by atoms with E-state index in [1.54, 1.807) is 11.3 Å². The van der Waals surface area contributed by atoms with E-state index >= 15 is 0 Å². The molecule has 0 unspecified atom stereocenters. The van der Waals surface area contributed by atoms with Crippen LogP contribution in [0.25, 0.3) is 21.3 Å². The maximum atomic E-state index is 11.4. The smallest absolute Gasteiger partial charge is 0.306 e. The SMILES string of the molecule is CCc1sc2nc(Cl)nc(N3CCC(C(=O)O)CC3)c2c1-c1ccc(C(C)C)cc1. The van der Waals surface area contributed by atoms with Crippen molar-refractivity contribution in [2.24, 2.45) is 5.92 Å². The van der Waals surface area contributed by atoms with Crippen LogP contribution in [0.3, 0.4) is 0 Å². The number of hydrogen-bond donors (Lipinski definition) is 1. The van der Waals surface area contributed by atoms with Crippen molar-refractivity contribution in [1.29, 1.82) is 0 Å². The molecule has 2 aromatic heterocycles. The van der Waals surface area contributed by atoms with Crippen LogP contribution in [0.15, 0.2) is 24.3 Å². The molecule has 1 aliphatic heterocycles.